The molecule has 0 spiro atoms. The second-order valence-electron chi connectivity index (χ2n) is 4.17. The molecule has 0 aromatic carbocycles. The fraction of sp³-hybridized carbons (Fsp3) is 0.500. The van der Waals surface area contributed by atoms with Gasteiger partial charge in [-0.15, -0.1) is 5.10 Å². The molecule has 1 heterocycles. The second kappa shape index (κ2) is 3.35. The van der Waals surface area contributed by atoms with Gasteiger partial charge in [-0.1, -0.05) is 11.6 Å². The maximum absolute atomic E-state index is 13.4. The van der Waals surface area contributed by atoms with Crippen molar-refractivity contribution in [3.63, 3.8) is 0 Å². The summed E-state index contributed by atoms with van der Waals surface area (Å²) in [6.45, 7) is 3.09. The van der Waals surface area contributed by atoms with Crippen LogP contribution in [0.5, 0.6) is 0 Å². The zero-order chi connectivity index (χ0) is 13.0. The van der Waals surface area contributed by atoms with E-state index in [1.54, 1.807) is 6.92 Å². The number of halogens is 3. The number of aliphatic carboxylic acids is 1. The summed E-state index contributed by atoms with van der Waals surface area (Å²) in [4.78, 5) is 11.1. The van der Waals surface area contributed by atoms with Gasteiger partial charge in [-0.25, -0.2) is 8.78 Å². The van der Waals surface area contributed by atoms with Gasteiger partial charge in [-0.2, -0.15) is 5.10 Å². The van der Waals surface area contributed by atoms with Crippen molar-refractivity contribution in [3.8, 4) is 0 Å². The molecule has 1 fully saturated rings. The van der Waals surface area contributed by atoms with Gasteiger partial charge in [0.1, 0.15) is 0 Å². The lowest BCUT2D eigenvalue weighted by Crippen LogP contribution is -2.29. The van der Waals surface area contributed by atoms with Crippen LogP contribution in [0.15, 0.2) is 0 Å². The van der Waals surface area contributed by atoms with Crippen molar-refractivity contribution in [3.05, 3.63) is 22.0 Å². The van der Waals surface area contributed by atoms with Crippen LogP contribution in [0, 0.1) is 13.8 Å². The van der Waals surface area contributed by atoms with Crippen molar-refractivity contribution < 1.29 is 18.7 Å². The number of aromatic nitrogens is 2. The molecular weight excluding hydrogens is 254 g/mol. The van der Waals surface area contributed by atoms with E-state index in [1.807, 2.05) is 0 Å². The van der Waals surface area contributed by atoms with Gasteiger partial charge in [-0.3, -0.25) is 4.79 Å². The third kappa shape index (κ3) is 1.43. The smallest absolute Gasteiger partial charge is 0.320 e. The van der Waals surface area contributed by atoms with Gasteiger partial charge in [0, 0.05) is 12.0 Å². The first-order valence-electron chi connectivity index (χ1n) is 4.85. The van der Waals surface area contributed by atoms with E-state index in [1.165, 1.54) is 6.92 Å². The first-order valence-corrected chi connectivity index (χ1v) is 5.23. The van der Waals surface area contributed by atoms with E-state index in [9.17, 15) is 13.6 Å². The van der Waals surface area contributed by atoms with Crippen molar-refractivity contribution in [2.45, 2.75) is 31.6 Å². The summed E-state index contributed by atoms with van der Waals surface area (Å²) in [7, 11) is 0. The molecule has 0 amide bonds. The van der Waals surface area contributed by atoms with Crippen LogP contribution >= 0.6 is 11.6 Å². The Morgan fingerprint density at radius 3 is 2.35 bits per heavy atom. The standard InChI is InChI=1S/C10H9ClF2N2O2/c1-4-5(2)14-15-7(11)6(4)9(8(16)17)3-10(9,12)13/h3H2,1-2H3,(H,16,17). The monoisotopic (exact) mass is 262 g/mol. The van der Waals surface area contributed by atoms with Crippen molar-refractivity contribution in [1.82, 2.24) is 10.2 Å². The quantitative estimate of drug-likeness (QED) is 0.887. The predicted octanol–water partition coefficient (Wildman–Crippen LogP) is 2.11. The van der Waals surface area contributed by atoms with Gasteiger partial charge >= 0.3 is 5.97 Å². The van der Waals surface area contributed by atoms with E-state index in [2.05, 4.69) is 10.2 Å². The summed E-state index contributed by atoms with van der Waals surface area (Å²) in [6, 6.07) is 0. The second-order valence-corrected chi connectivity index (χ2v) is 4.53. The zero-order valence-electron chi connectivity index (χ0n) is 9.09. The molecule has 1 aliphatic carbocycles. The molecule has 92 valence electrons. The molecule has 7 heteroatoms. The Morgan fingerprint density at radius 2 is 1.94 bits per heavy atom. The predicted molar refractivity (Wildman–Crippen MR) is 55.4 cm³/mol. The molecule has 0 aliphatic heterocycles. The first kappa shape index (κ1) is 12.2. The molecule has 1 N–H and O–H groups in total. The molecule has 0 bridgehead atoms. The van der Waals surface area contributed by atoms with E-state index < -0.39 is 23.7 Å². The summed E-state index contributed by atoms with van der Waals surface area (Å²) in [5.74, 6) is -4.87. The minimum atomic E-state index is -3.29. The third-order valence-corrected chi connectivity index (χ3v) is 3.45. The Hall–Kier alpha value is -1.30. The van der Waals surface area contributed by atoms with Gasteiger partial charge < -0.3 is 5.11 Å². The van der Waals surface area contributed by atoms with Crippen LogP contribution in [-0.2, 0) is 10.2 Å². The number of rotatable bonds is 2. The van der Waals surface area contributed by atoms with E-state index in [0.717, 1.165) is 0 Å². The Morgan fingerprint density at radius 1 is 1.41 bits per heavy atom. The normalized spacial score (nSPS) is 25.7. The summed E-state index contributed by atoms with van der Waals surface area (Å²) in [5, 5.41) is 16.0. The molecule has 17 heavy (non-hydrogen) atoms. The minimum Gasteiger partial charge on any atom is -0.480 e. The van der Waals surface area contributed by atoms with Gasteiger partial charge in [0.25, 0.3) is 5.92 Å². The van der Waals surface area contributed by atoms with Crippen molar-refractivity contribution >= 4 is 17.6 Å². The number of nitrogens with zero attached hydrogens (tertiary/aromatic N) is 2. The summed E-state index contributed by atoms with van der Waals surface area (Å²) in [5.41, 5.74) is -1.61. The van der Waals surface area contributed by atoms with Gasteiger partial charge in [0.2, 0.25) is 0 Å². The number of hydrogen-bond acceptors (Lipinski definition) is 3. The van der Waals surface area contributed by atoms with Gasteiger partial charge in [-0.05, 0) is 19.4 Å². The highest BCUT2D eigenvalue weighted by Crippen LogP contribution is 2.63. The van der Waals surface area contributed by atoms with E-state index in [0.29, 0.717) is 11.3 Å². The average molecular weight is 263 g/mol. The fourth-order valence-corrected chi connectivity index (χ4v) is 2.32. The summed E-state index contributed by atoms with van der Waals surface area (Å²) >= 11 is 5.73. The molecule has 4 nitrogen and oxygen atoms in total. The van der Waals surface area contributed by atoms with E-state index in [-0.39, 0.29) is 10.7 Å². The van der Waals surface area contributed by atoms with Crippen LogP contribution in [0.4, 0.5) is 8.78 Å². The zero-order valence-corrected chi connectivity index (χ0v) is 9.85. The maximum atomic E-state index is 13.4. The van der Waals surface area contributed by atoms with Crippen molar-refractivity contribution in [2.24, 2.45) is 0 Å². The molecule has 1 aromatic rings. The molecule has 2 rings (SSSR count). The Labute approximate surface area is 101 Å². The third-order valence-electron chi connectivity index (χ3n) is 3.19. The highest BCUT2D eigenvalue weighted by Gasteiger charge is 2.78. The molecule has 1 unspecified atom stereocenters. The minimum absolute atomic E-state index is 0.121. The summed E-state index contributed by atoms with van der Waals surface area (Å²) < 4.78 is 26.8. The highest BCUT2D eigenvalue weighted by atomic mass is 35.5. The van der Waals surface area contributed by atoms with Crippen LogP contribution in [-0.4, -0.2) is 27.2 Å². The maximum Gasteiger partial charge on any atom is 0.320 e. The van der Waals surface area contributed by atoms with E-state index in [4.69, 9.17) is 16.7 Å². The molecule has 1 saturated carbocycles. The molecule has 1 atom stereocenters. The lowest BCUT2D eigenvalue weighted by atomic mass is 9.92. The Balaban J connectivity index is 2.70. The van der Waals surface area contributed by atoms with Crippen LogP contribution in [0.2, 0.25) is 5.15 Å². The number of carbonyl (C=O) groups is 1. The number of carboxylic acids is 1. The van der Waals surface area contributed by atoms with Crippen molar-refractivity contribution in [2.75, 3.05) is 0 Å². The first-order chi connectivity index (χ1) is 7.74. The molecule has 0 saturated heterocycles. The molecular formula is C10H9ClF2N2O2. The highest BCUT2D eigenvalue weighted by molar-refractivity contribution is 6.30. The number of aryl methyl sites for hydroxylation is 1. The van der Waals surface area contributed by atoms with Gasteiger partial charge in [0.15, 0.2) is 10.6 Å². The fourth-order valence-electron chi connectivity index (χ4n) is 1.97. The molecule has 0 radical (unpaired) electrons. The lowest BCUT2D eigenvalue weighted by molar-refractivity contribution is -0.143. The molecule has 1 aliphatic rings. The lowest BCUT2D eigenvalue weighted by Gasteiger charge is -2.16. The van der Waals surface area contributed by atoms with Crippen LogP contribution < -0.4 is 0 Å². The Kier molecular flexibility index (Phi) is 2.40. The van der Waals surface area contributed by atoms with Crippen molar-refractivity contribution in [1.29, 1.82) is 0 Å². The van der Waals surface area contributed by atoms with Crippen LogP contribution in [0.3, 0.4) is 0 Å². The topological polar surface area (TPSA) is 63.1 Å². The largest absolute Gasteiger partial charge is 0.480 e. The number of alkyl halides is 2. The number of carboxylic acid groups (broad SMARTS) is 1. The molecule has 1 aromatic heterocycles. The van der Waals surface area contributed by atoms with Crippen LogP contribution in [0.1, 0.15) is 23.2 Å². The van der Waals surface area contributed by atoms with Crippen LogP contribution in [0.25, 0.3) is 0 Å². The van der Waals surface area contributed by atoms with Gasteiger partial charge in [0.05, 0.1) is 5.69 Å². The average Bonchev–Trinajstić information content (AvgIpc) is 2.78. The van der Waals surface area contributed by atoms with E-state index >= 15 is 0 Å². The Bertz CT molecular complexity index is 521. The number of hydrogen-bond donors (Lipinski definition) is 1. The summed E-state index contributed by atoms with van der Waals surface area (Å²) in [6.07, 6.45) is -0.749. The SMILES string of the molecule is Cc1nnc(Cl)c(C2(C(=O)O)CC2(F)F)c1C.